The maximum absolute atomic E-state index is 2.77. The summed E-state index contributed by atoms with van der Waals surface area (Å²) in [4.78, 5) is 0. The van der Waals surface area contributed by atoms with Crippen molar-refractivity contribution in [1.29, 1.82) is 0 Å². The molecule has 0 aromatic heterocycles. The number of hydrogen-bond acceptors (Lipinski definition) is 0. The van der Waals surface area contributed by atoms with Crippen LogP contribution in [0.25, 0.3) is 0 Å². The van der Waals surface area contributed by atoms with Gasteiger partial charge in [-0.15, -0.1) is 0 Å². The Hall–Kier alpha value is 1.51. The van der Waals surface area contributed by atoms with E-state index in [0.29, 0.717) is 20.2 Å². The molecule has 0 radical (unpaired) electrons. The minimum absolute atomic E-state index is 0. The van der Waals surface area contributed by atoms with Gasteiger partial charge in [-0.3, -0.25) is 7.83 Å². The van der Waals surface area contributed by atoms with Crippen molar-refractivity contribution in [3.8, 4) is 0 Å². The van der Waals surface area contributed by atoms with Gasteiger partial charge in [0.1, 0.15) is 0 Å². The van der Waals surface area contributed by atoms with E-state index >= 15 is 0 Å². The number of benzene rings is 1. The Morgan fingerprint density at radius 1 is 0.536 bits per heavy atom. The van der Waals surface area contributed by atoms with Gasteiger partial charge in [0.05, 0.1) is 0 Å². The van der Waals surface area contributed by atoms with Crippen LogP contribution in [0.2, 0.25) is 33.2 Å². The van der Waals surface area contributed by atoms with Gasteiger partial charge in [-0.1, -0.05) is 162 Å². The van der Waals surface area contributed by atoms with E-state index < -0.39 is 23.0 Å². The van der Waals surface area contributed by atoms with E-state index in [0.717, 1.165) is 0 Å². The van der Waals surface area contributed by atoms with Gasteiger partial charge in [-0.25, -0.2) is 5.19 Å². The second-order valence-corrected chi connectivity index (χ2v) is 35.3. The Labute approximate surface area is 223 Å². The van der Waals surface area contributed by atoms with Gasteiger partial charge in [0, 0.05) is 0 Å². The number of hydrogen-bond donors (Lipinski definition) is 0. The average Bonchev–Trinajstić information content (AvgIpc) is 2.43. The molecule has 0 aliphatic carbocycles. The van der Waals surface area contributed by atoms with Gasteiger partial charge in [-0.2, -0.15) is 0 Å². The summed E-state index contributed by atoms with van der Waals surface area (Å²) in [6.07, 6.45) is 0. The summed E-state index contributed by atoms with van der Waals surface area (Å²) < 4.78 is 0. The van der Waals surface area contributed by atoms with Crippen molar-refractivity contribution in [3.05, 3.63) is 30.3 Å². The fraction of sp³-hybridized carbons (Fsp3) is 0.750. The molecule has 0 saturated carbocycles. The molecule has 156 valence electrons. The fourth-order valence-corrected chi connectivity index (χ4v) is 54.6. The molecule has 1 aromatic rings. The second kappa shape index (κ2) is 9.17. The molecule has 0 nitrogen and oxygen atoms in total. The molecule has 0 aliphatic rings. The SMILES string of the molecule is CC(C)(C)[Si](C)([Si-](c1ccccc1)[Si](C)(C(C)(C)C)C(C)(C)C)C(C)(C)C.[K+]. The summed E-state index contributed by atoms with van der Waals surface area (Å²) in [6.45, 7) is 36.2. The minimum atomic E-state index is -1.71. The zero-order chi connectivity index (χ0) is 21.7. The molecule has 0 saturated heterocycles. The number of rotatable bonds is 3. The molecule has 1 aromatic carbocycles. The van der Waals surface area contributed by atoms with Crippen LogP contribution in [0, 0.1) is 0 Å². The zero-order valence-electron chi connectivity index (χ0n) is 21.9. The Kier molecular flexibility index (Phi) is 9.66. The van der Waals surface area contributed by atoms with E-state index in [1.54, 1.807) is 5.19 Å². The molecule has 0 amide bonds. The summed E-state index contributed by atoms with van der Waals surface area (Å²) in [5.41, 5.74) is 0. The maximum Gasteiger partial charge on any atom is 1.00 e. The van der Waals surface area contributed by atoms with Crippen LogP contribution in [0.15, 0.2) is 30.3 Å². The van der Waals surface area contributed by atoms with Crippen molar-refractivity contribution in [3.63, 3.8) is 0 Å². The second-order valence-electron chi connectivity index (χ2n) is 13.0. The molecular weight excluding hydrogens is 412 g/mol. The molecule has 0 heterocycles. The van der Waals surface area contributed by atoms with Gasteiger partial charge in [0.25, 0.3) is 0 Å². The van der Waals surface area contributed by atoms with Crippen molar-refractivity contribution in [2.75, 3.05) is 0 Å². The smallest absolute Gasteiger partial charge is 0.277 e. The van der Waals surface area contributed by atoms with Crippen molar-refractivity contribution in [2.45, 2.75) is 116 Å². The molecular formula is C24H47KSi3. The van der Waals surface area contributed by atoms with Crippen molar-refractivity contribution in [2.24, 2.45) is 0 Å². The third-order valence-electron chi connectivity index (χ3n) is 8.06. The molecule has 0 fully saturated rings. The molecule has 28 heavy (non-hydrogen) atoms. The third-order valence-corrected chi connectivity index (χ3v) is 48.7. The topological polar surface area (TPSA) is 0 Å². The van der Waals surface area contributed by atoms with E-state index in [-0.39, 0.29) is 51.4 Å². The van der Waals surface area contributed by atoms with E-state index in [1.165, 1.54) is 0 Å². The zero-order valence-corrected chi connectivity index (χ0v) is 28.0. The molecule has 0 bridgehead atoms. The Bertz CT molecular complexity index is 559. The summed E-state index contributed by atoms with van der Waals surface area (Å²) in [7, 11) is -4.18. The molecule has 0 atom stereocenters. The van der Waals surface area contributed by atoms with Crippen LogP contribution >= 0.6 is 0 Å². The first-order chi connectivity index (χ1) is 11.7. The quantitative estimate of drug-likeness (QED) is 0.565. The van der Waals surface area contributed by atoms with E-state index in [2.05, 4.69) is 127 Å². The minimum Gasteiger partial charge on any atom is -0.277 e. The van der Waals surface area contributed by atoms with Crippen LogP contribution in [0.3, 0.4) is 0 Å². The summed E-state index contributed by atoms with van der Waals surface area (Å²) in [5, 5.41) is 3.21. The Morgan fingerprint density at radius 2 is 0.786 bits per heavy atom. The van der Waals surface area contributed by atoms with Crippen molar-refractivity contribution < 1.29 is 51.4 Å². The Morgan fingerprint density at radius 3 is 1.00 bits per heavy atom. The molecule has 0 aliphatic heterocycles. The first-order valence-electron chi connectivity index (χ1n) is 10.7. The largest absolute Gasteiger partial charge is 1.00 e. The molecule has 1 rings (SSSR count). The summed E-state index contributed by atoms with van der Waals surface area (Å²) in [6, 6.07) is 11.8. The van der Waals surface area contributed by atoms with E-state index in [1.807, 2.05) is 0 Å². The molecule has 0 N–H and O–H groups in total. The molecule has 4 heteroatoms. The van der Waals surface area contributed by atoms with Crippen LogP contribution in [0.5, 0.6) is 0 Å². The normalized spacial score (nSPS) is 14.5. The monoisotopic (exact) mass is 458 g/mol. The van der Waals surface area contributed by atoms with Crippen molar-refractivity contribution >= 4 is 28.2 Å². The molecule has 0 unspecified atom stereocenters. The van der Waals surface area contributed by atoms with Gasteiger partial charge < -0.3 is 0 Å². The Balaban J connectivity index is 0.00000729. The maximum atomic E-state index is 2.77. The summed E-state index contributed by atoms with van der Waals surface area (Å²) >= 11 is 0. The predicted molar refractivity (Wildman–Crippen MR) is 134 cm³/mol. The van der Waals surface area contributed by atoms with Crippen molar-refractivity contribution in [1.82, 2.24) is 0 Å². The van der Waals surface area contributed by atoms with Crippen LogP contribution in [-0.2, 0) is 0 Å². The van der Waals surface area contributed by atoms with E-state index in [4.69, 9.17) is 0 Å². The van der Waals surface area contributed by atoms with Gasteiger partial charge in [0.15, 0.2) is 0 Å². The standard InChI is InChI=1S/C24H47Si3.K/c1-21(2,3)26(13,22(4,5)6)25(20-18-16-15-17-19-20)27(14,23(7,8)9)24(10,11)12;/h15-19H,1-14H3;/q-1;+1. The van der Waals surface area contributed by atoms with Crippen LogP contribution in [0.1, 0.15) is 83.1 Å². The van der Waals surface area contributed by atoms with Crippen LogP contribution in [-0.4, -0.2) is 23.0 Å². The first-order valence-corrected chi connectivity index (χ1v) is 19.2. The molecule has 0 spiro atoms. The van der Waals surface area contributed by atoms with Crippen LogP contribution in [0.4, 0.5) is 0 Å². The van der Waals surface area contributed by atoms with Crippen LogP contribution < -0.4 is 56.6 Å². The predicted octanol–water partition coefficient (Wildman–Crippen LogP) is 4.91. The van der Waals surface area contributed by atoms with Gasteiger partial charge in [0.2, 0.25) is 0 Å². The van der Waals surface area contributed by atoms with Gasteiger partial charge >= 0.3 is 51.4 Å². The average molecular weight is 459 g/mol. The summed E-state index contributed by atoms with van der Waals surface area (Å²) in [5.74, 6) is 0. The third kappa shape index (κ3) is 5.11. The first kappa shape index (κ1) is 29.5. The fourth-order valence-electron chi connectivity index (χ4n) is 5.43. The van der Waals surface area contributed by atoms with E-state index in [9.17, 15) is 0 Å². The van der Waals surface area contributed by atoms with Gasteiger partial charge in [-0.05, 0) is 0 Å².